The third-order valence-electron chi connectivity index (χ3n) is 6.21. The van der Waals surface area contributed by atoms with Crippen molar-refractivity contribution in [1.82, 2.24) is 10.2 Å². The lowest BCUT2D eigenvalue weighted by Crippen LogP contribution is -2.45. The summed E-state index contributed by atoms with van der Waals surface area (Å²) in [7, 11) is -4.12. The molecule has 12 heteroatoms. The molecule has 1 aromatic heterocycles. The van der Waals surface area contributed by atoms with Gasteiger partial charge >= 0.3 is 0 Å². The number of rotatable bonds is 7. The lowest BCUT2D eigenvalue weighted by molar-refractivity contribution is -0.119. The number of aryl methyl sites for hydroxylation is 1. The Morgan fingerprint density at radius 3 is 2.56 bits per heavy atom. The molecule has 0 saturated heterocycles. The predicted molar refractivity (Wildman–Crippen MR) is 129 cm³/mol. The van der Waals surface area contributed by atoms with E-state index in [-0.39, 0.29) is 30.6 Å². The molecule has 36 heavy (non-hydrogen) atoms. The molecule has 2 heterocycles. The number of hydrogen-bond acceptors (Lipinski definition) is 8. The highest BCUT2D eigenvalue weighted by Gasteiger charge is 2.38. The number of benzene rings is 2. The van der Waals surface area contributed by atoms with Crippen LogP contribution in [-0.4, -0.2) is 42.1 Å². The number of carbonyl (C=O) groups excluding carboxylic acids is 2. The molecule has 0 spiro atoms. The van der Waals surface area contributed by atoms with Gasteiger partial charge < -0.3 is 10.6 Å². The third kappa shape index (κ3) is 4.93. The summed E-state index contributed by atoms with van der Waals surface area (Å²) in [5.41, 5.74) is 6.15. The SMILES string of the molecule is N[C@H]1CS(=O)(=O)c2cc(F)c(C(=O)CCc3ccc(F)cc3)cc2N(Cc2nnc(C3CC3)s2)C1=O. The molecule has 3 aromatic rings. The molecule has 0 radical (unpaired) electrons. The molecular formula is C24H22F2N4O4S2. The van der Waals surface area contributed by atoms with Crippen LogP contribution >= 0.6 is 11.3 Å². The number of amides is 1. The molecular weight excluding hydrogens is 510 g/mol. The number of carbonyl (C=O) groups is 2. The molecule has 0 unspecified atom stereocenters. The van der Waals surface area contributed by atoms with Crippen molar-refractivity contribution in [3.05, 3.63) is 69.2 Å². The highest BCUT2D eigenvalue weighted by atomic mass is 32.2. The molecule has 0 bridgehead atoms. The number of Topliss-reactive ketones (excluding diaryl/α,β-unsaturated/α-hetero) is 1. The number of hydrogen-bond donors (Lipinski definition) is 1. The summed E-state index contributed by atoms with van der Waals surface area (Å²) in [6, 6.07) is 6.12. The van der Waals surface area contributed by atoms with E-state index in [2.05, 4.69) is 10.2 Å². The smallest absolute Gasteiger partial charge is 0.245 e. The van der Waals surface area contributed by atoms with Gasteiger partial charge in [-0.3, -0.25) is 9.59 Å². The standard InChI is InChI=1S/C24H22F2N4O4S2/c25-15-6-1-13(2-7-15)3-8-20(31)16-9-19-21(10-17(16)26)36(33,34)12-18(27)24(32)30(19)11-22-28-29-23(35-22)14-4-5-14/h1-2,6-7,9-10,14,18H,3-5,8,11-12,27H2/t18-/m0/s1. The van der Waals surface area contributed by atoms with E-state index >= 15 is 4.39 Å². The molecule has 1 atom stereocenters. The number of nitrogens with two attached hydrogens (primary N) is 1. The van der Waals surface area contributed by atoms with Crippen LogP contribution in [0, 0.1) is 11.6 Å². The Kier molecular flexibility index (Phi) is 6.43. The zero-order valence-electron chi connectivity index (χ0n) is 19.0. The van der Waals surface area contributed by atoms with Gasteiger partial charge in [-0.2, -0.15) is 0 Å². The van der Waals surface area contributed by atoms with Crippen LogP contribution in [0.4, 0.5) is 14.5 Å². The van der Waals surface area contributed by atoms with Crippen molar-refractivity contribution in [1.29, 1.82) is 0 Å². The lowest BCUT2D eigenvalue weighted by Gasteiger charge is -2.23. The first-order valence-corrected chi connectivity index (χ1v) is 13.8. The highest BCUT2D eigenvalue weighted by molar-refractivity contribution is 7.91. The van der Waals surface area contributed by atoms with Crippen LogP contribution in [0.1, 0.15) is 51.1 Å². The van der Waals surface area contributed by atoms with Gasteiger partial charge in [0.25, 0.3) is 0 Å². The van der Waals surface area contributed by atoms with E-state index in [0.29, 0.717) is 16.5 Å². The molecule has 1 amide bonds. The van der Waals surface area contributed by atoms with E-state index in [0.717, 1.165) is 34.9 Å². The summed E-state index contributed by atoms with van der Waals surface area (Å²) < 4.78 is 54.1. The van der Waals surface area contributed by atoms with Gasteiger partial charge in [0, 0.05) is 12.3 Å². The number of sulfone groups is 1. The average Bonchev–Trinajstić information content (AvgIpc) is 3.59. The van der Waals surface area contributed by atoms with Gasteiger partial charge in [0.2, 0.25) is 5.91 Å². The maximum Gasteiger partial charge on any atom is 0.245 e. The summed E-state index contributed by atoms with van der Waals surface area (Å²) in [5.74, 6) is -3.00. The fourth-order valence-electron chi connectivity index (χ4n) is 4.10. The maximum atomic E-state index is 15.0. The summed E-state index contributed by atoms with van der Waals surface area (Å²) in [5, 5.41) is 9.62. The van der Waals surface area contributed by atoms with Crippen LogP contribution in [0.5, 0.6) is 0 Å². The molecule has 1 saturated carbocycles. The topological polar surface area (TPSA) is 123 Å². The first-order chi connectivity index (χ1) is 17.1. The molecule has 2 aliphatic rings. The highest BCUT2D eigenvalue weighted by Crippen LogP contribution is 2.42. The summed E-state index contributed by atoms with van der Waals surface area (Å²) in [6.45, 7) is -0.103. The van der Waals surface area contributed by atoms with Crippen molar-refractivity contribution in [2.24, 2.45) is 5.73 Å². The van der Waals surface area contributed by atoms with Gasteiger partial charge in [0.15, 0.2) is 15.6 Å². The number of fused-ring (bicyclic) bond motifs is 1. The Labute approximate surface area is 210 Å². The Morgan fingerprint density at radius 2 is 1.86 bits per heavy atom. The Balaban J connectivity index is 1.50. The van der Waals surface area contributed by atoms with E-state index in [1.54, 1.807) is 0 Å². The maximum absolute atomic E-state index is 15.0. The van der Waals surface area contributed by atoms with Gasteiger partial charge in [-0.1, -0.05) is 23.5 Å². The summed E-state index contributed by atoms with van der Waals surface area (Å²) in [6.07, 6.45) is 2.18. The monoisotopic (exact) mass is 532 g/mol. The fraction of sp³-hybridized carbons (Fsp3) is 0.333. The second-order valence-electron chi connectivity index (χ2n) is 8.97. The summed E-state index contributed by atoms with van der Waals surface area (Å²) >= 11 is 1.33. The number of anilines is 1. The van der Waals surface area contributed by atoms with E-state index in [1.807, 2.05) is 0 Å². The first kappa shape index (κ1) is 24.6. The Bertz CT molecular complexity index is 1450. The molecule has 1 aliphatic carbocycles. The number of aromatic nitrogens is 2. The van der Waals surface area contributed by atoms with Gasteiger partial charge in [-0.25, -0.2) is 17.2 Å². The second kappa shape index (κ2) is 9.41. The minimum atomic E-state index is -4.12. The van der Waals surface area contributed by atoms with Gasteiger partial charge in [-0.15, -0.1) is 10.2 Å². The molecule has 2 aromatic carbocycles. The largest absolute Gasteiger partial charge is 0.319 e. The summed E-state index contributed by atoms with van der Waals surface area (Å²) in [4.78, 5) is 26.8. The first-order valence-electron chi connectivity index (χ1n) is 11.4. The third-order valence-corrected chi connectivity index (χ3v) is 9.08. The minimum Gasteiger partial charge on any atom is -0.319 e. The average molecular weight is 533 g/mol. The van der Waals surface area contributed by atoms with Crippen LogP contribution < -0.4 is 10.6 Å². The van der Waals surface area contributed by atoms with Gasteiger partial charge in [0.05, 0.1) is 34.5 Å². The normalized spacial score (nSPS) is 19.1. The van der Waals surface area contributed by atoms with Crippen LogP contribution in [0.3, 0.4) is 0 Å². The zero-order valence-corrected chi connectivity index (χ0v) is 20.6. The van der Waals surface area contributed by atoms with Crippen LogP contribution in [0.15, 0.2) is 41.3 Å². The van der Waals surface area contributed by atoms with E-state index in [4.69, 9.17) is 5.73 Å². The van der Waals surface area contributed by atoms with Gasteiger partial charge in [0.1, 0.15) is 21.6 Å². The number of ketones is 1. The van der Waals surface area contributed by atoms with Crippen molar-refractivity contribution in [3.63, 3.8) is 0 Å². The van der Waals surface area contributed by atoms with Crippen molar-refractivity contribution in [2.75, 3.05) is 10.7 Å². The van der Waals surface area contributed by atoms with Crippen molar-refractivity contribution >= 4 is 38.6 Å². The molecule has 8 nitrogen and oxygen atoms in total. The Hall–Kier alpha value is -3.09. The van der Waals surface area contributed by atoms with Crippen molar-refractivity contribution < 1.29 is 26.8 Å². The fourth-order valence-corrected chi connectivity index (χ4v) is 6.67. The molecule has 2 N–H and O–H groups in total. The molecule has 1 aliphatic heterocycles. The van der Waals surface area contributed by atoms with Crippen LogP contribution in [0.2, 0.25) is 0 Å². The van der Waals surface area contributed by atoms with Crippen LogP contribution in [0.25, 0.3) is 0 Å². The lowest BCUT2D eigenvalue weighted by atomic mass is 10.0. The number of halogens is 2. The quantitative estimate of drug-likeness (QED) is 0.464. The molecule has 1 fully saturated rings. The molecule has 188 valence electrons. The van der Waals surface area contributed by atoms with Gasteiger partial charge in [-0.05, 0) is 49.1 Å². The predicted octanol–water partition coefficient (Wildman–Crippen LogP) is 3.16. The number of nitrogens with zero attached hydrogens (tertiary/aromatic N) is 3. The minimum absolute atomic E-state index is 0.0945. The Morgan fingerprint density at radius 1 is 1.14 bits per heavy atom. The van der Waals surface area contributed by atoms with Crippen molar-refractivity contribution in [3.8, 4) is 0 Å². The van der Waals surface area contributed by atoms with E-state index in [1.165, 1.54) is 35.6 Å². The van der Waals surface area contributed by atoms with E-state index < -0.39 is 49.9 Å². The van der Waals surface area contributed by atoms with Crippen molar-refractivity contribution in [2.45, 2.75) is 49.1 Å². The van der Waals surface area contributed by atoms with Crippen LogP contribution in [-0.2, 0) is 27.6 Å². The van der Waals surface area contributed by atoms with E-state index in [9.17, 15) is 22.4 Å². The second-order valence-corrected chi connectivity index (χ2v) is 12.1. The zero-order chi connectivity index (χ0) is 25.6. The molecule has 5 rings (SSSR count).